The normalized spacial score (nSPS) is 11.5. The first kappa shape index (κ1) is 35.8. The summed E-state index contributed by atoms with van der Waals surface area (Å²) in [6, 6.07) is 72.1. The molecular weight excluding hydrogens is 775 g/mol. The van der Waals surface area contributed by atoms with E-state index in [9.17, 15) is 0 Å². The Kier molecular flexibility index (Phi) is 8.61. The van der Waals surface area contributed by atoms with Crippen LogP contribution in [0.5, 0.6) is 0 Å². The Labute approximate surface area is 361 Å². The van der Waals surface area contributed by atoms with Crippen LogP contribution in [0.4, 0.5) is 0 Å². The van der Waals surface area contributed by atoms with Gasteiger partial charge in [0.25, 0.3) is 0 Å². The van der Waals surface area contributed by atoms with Crippen molar-refractivity contribution in [2.75, 3.05) is 0 Å². The molecule has 0 N–H and O–H groups in total. The summed E-state index contributed by atoms with van der Waals surface area (Å²) in [4.78, 5) is 21.0. The van der Waals surface area contributed by atoms with Crippen molar-refractivity contribution in [3.63, 3.8) is 0 Å². The number of nitrogens with zero attached hydrogens (tertiary/aromatic N) is 5. The van der Waals surface area contributed by atoms with Crippen molar-refractivity contribution >= 4 is 53.3 Å². The first-order valence-electron chi connectivity index (χ1n) is 20.7. The average Bonchev–Trinajstić information content (AvgIpc) is 3.91. The molecule has 0 bridgehead atoms. The minimum absolute atomic E-state index is 0.561. The second kappa shape index (κ2) is 14.9. The van der Waals surface area contributed by atoms with Crippen molar-refractivity contribution < 1.29 is 0 Å². The Balaban J connectivity index is 1.14. The standard InChI is InChI=1S/C56H35N5S/c1-5-18-36(19-6-1)41-26-13-14-27-42(41)39-34-47(56-59-54(37-20-7-2-8-21-37)58-55(60-56)38-22-9-3-10-23-38)51(57-35-39)46-30-17-29-43-44-32-33-49-50(53(44)62-52(43)46)45-28-15-16-31-48(45)61(49)40-24-11-4-12-25-40/h1-35H. The molecule has 0 saturated carbocycles. The highest BCUT2D eigenvalue weighted by Crippen LogP contribution is 2.47. The molecule has 0 aliphatic rings. The molecule has 6 heteroatoms. The fourth-order valence-corrected chi connectivity index (χ4v) is 10.3. The van der Waals surface area contributed by atoms with Crippen LogP contribution in [0, 0.1) is 0 Å². The molecule has 0 saturated heterocycles. The quantitative estimate of drug-likeness (QED) is 0.161. The molecule has 290 valence electrons. The van der Waals surface area contributed by atoms with E-state index in [4.69, 9.17) is 19.9 Å². The van der Waals surface area contributed by atoms with Crippen LogP contribution >= 0.6 is 11.3 Å². The summed E-state index contributed by atoms with van der Waals surface area (Å²) in [5, 5.41) is 4.91. The van der Waals surface area contributed by atoms with Gasteiger partial charge in [0.2, 0.25) is 0 Å². The van der Waals surface area contributed by atoms with Crippen LogP contribution in [0.1, 0.15) is 0 Å². The van der Waals surface area contributed by atoms with E-state index in [2.05, 4.69) is 150 Å². The number of hydrogen-bond acceptors (Lipinski definition) is 5. The monoisotopic (exact) mass is 809 g/mol. The van der Waals surface area contributed by atoms with Gasteiger partial charge in [0.1, 0.15) is 0 Å². The van der Waals surface area contributed by atoms with E-state index in [-0.39, 0.29) is 0 Å². The Morgan fingerprint density at radius 3 is 1.58 bits per heavy atom. The van der Waals surface area contributed by atoms with E-state index in [1.807, 2.05) is 78.2 Å². The van der Waals surface area contributed by atoms with Gasteiger partial charge in [0.15, 0.2) is 17.5 Å². The van der Waals surface area contributed by atoms with Gasteiger partial charge in [-0.25, -0.2) is 15.0 Å². The number of hydrogen-bond donors (Lipinski definition) is 0. The smallest absolute Gasteiger partial charge is 0.166 e. The van der Waals surface area contributed by atoms with Crippen LogP contribution in [0.2, 0.25) is 0 Å². The minimum atomic E-state index is 0.561. The molecule has 0 spiro atoms. The Bertz CT molecular complexity index is 3560. The lowest BCUT2D eigenvalue weighted by atomic mass is 9.93. The van der Waals surface area contributed by atoms with E-state index in [0.29, 0.717) is 17.5 Å². The first-order chi connectivity index (χ1) is 30.8. The van der Waals surface area contributed by atoms with Gasteiger partial charge in [0.05, 0.1) is 16.7 Å². The predicted octanol–water partition coefficient (Wildman–Crippen LogP) is 14.7. The summed E-state index contributed by atoms with van der Waals surface area (Å²) in [7, 11) is 0. The SMILES string of the molecule is c1ccc(-c2nc(-c3ccccc3)nc(-c3cc(-c4ccccc4-c4ccccc4)cnc3-c3cccc4c3sc3c4ccc4c3c3ccccc3n4-c3ccccc3)n2)cc1. The summed E-state index contributed by atoms with van der Waals surface area (Å²) in [5.74, 6) is 1.77. The van der Waals surface area contributed by atoms with Gasteiger partial charge in [-0.15, -0.1) is 11.3 Å². The van der Waals surface area contributed by atoms with Crippen molar-refractivity contribution in [1.29, 1.82) is 0 Å². The zero-order chi connectivity index (χ0) is 41.0. The largest absolute Gasteiger partial charge is 0.309 e. The zero-order valence-corrected chi connectivity index (χ0v) is 34.2. The lowest BCUT2D eigenvalue weighted by Gasteiger charge is -2.15. The molecule has 5 nitrogen and oxygen atoms in total. The van der Waals surface area contributed by atoms with E-state index >= 15 is 0 Å². The molecule has 0 fully saturated rings. The summed E-state index contributed by atoms with van der Waals surface area (Å²) in [6.45, 7) is 0. The van der Waals surface area contributed by atoms with Gasteiger partial charge in [-0.3, -0.25) is 4.98 Å². The highest BCUT2D eigenvalue weighted by molar-refractivity contribution is 7.27. The molecule has 62 heavy (non-hydrogen) atoms. The molecule has 12 aromatic rings. The molecule has 0 aliphatic carbocycles. The molecule has 8 aromatic carbocycles. The predicted molar refractivity (Wildman–Crippen MR) is 257 cm³/mol. The van der Waals surface area contributed by atoms with Gasteiger partial charge in [-0.2, -0.15) is 0 Å². The third kappa shape index (κ3) is 5.99. The maximum Gasteiger partial charge on any atom is 0.166 e. The van der Waals surface area contributed by atoms with Crippen LogP contribution in [-0.2, 0) is 0 Å². The molecule has 0 unspecified atom stereocenters. The molecule has 12 rings (SSSR count). The zero-order valence-electron chi connectivity index (χ0n) is 33.4. The molecule has 4 heterocycles. The molecular formula is C56H35N5S. The van der Waals surface area contributed by atoms with Crippen molar-refractivity contribution in [3.8, 4) is 73.4 Å². The van der Waals surface area contributed by atoms with E-state index in [1.165, 1.54) is 42.0 Å². The van der Waals surface area contributed by atoms with E-state index in [0.717, 1.165) is 55.9 Å². The number of fused-ring (bicyclic) bond motifs is 7. The molecule has 4 aromatic heterocycles. The Hall–Kier alpha value is -8.06. The lowest BCUT2D eigenvalue weighted by molar-refractivity contribution is 1.07. The van der Waals surface area contributed by atoms with Crippen molar-refractivity contribution in [1.82, 2.24) is 24.5 Å². The van der Waals surface area contributed by atoms with Gasteiger partial charge in [-0.1, -0.05) is 176 Å². The highest BCUT2D eigenvalue weighted by atomic mass is 32.1. The molecule has 0 atom stereocenters. The van der Waals surface area contributed by atoms with Gasteiger partial charge >= 0.3 is 0 Å². The first-order valence-corrected chi connectivity index (χ1v) is 21.5. The van der Waals surface area contributed by atoms with Crippen molar-refractivity contribution in [3.05, 3.63) is 212 Å². The van der Waals surface area contributed by atoms with Crippen molar-refractivity contribution in [2.24, 2.45) is 0 Å². The van der Waals surface area contributed by atoms with Crippen LogP contribution in [0.15, 0.2) is 212 Å². The Morgan fingerprint density at radius 1 is 0.355 bits per heavy atom. The summed E-state index contributed by atoms with van der Waals surface area (Å²) >= 11 is 1.83. The number of benzene rings is 8. The van der Waals surface area contributed by atoms with Crippen LogP contribution < -0.4 is 0 Å². The van der Waals surface area contributed by atoms with Gasteiger partial charge in [0, 0.05) is 70.6 Å². The maximum atomic E-state index is 5.42. The maximum absolute atomic E-state index is 5.42. The van der Waals surface area contributed by atoms with Gasteiger partial charge in [-0.05, 0) is 47.0 Å². The van der Waals surface area contributed by atoms with Crippen LogP contribution in [-0.4, -0.2) is 24.5 Å². The average molecular weight is 810 g/mol. The molecule has 0 radical (unpaired) electrons. The highest BCUT2D eigenvalue weighted by Gasteiger charge is 2.23. The minimum Gasteiger partial charge on any atom is -0.309 e. The number of pyridine rings is 1. The number of para-hydroxylation sites is 2. The van der Waals surface area contributed by atoms with Crippen molar-refractivity contribution in [2.45, 2.75) is 0 Å². The Morgan fingerprint density at radius 2 is 0.887 bits per heavy atom. The third-order valence-corrected chi connectivity index (χ3v) is 13.0. The fourth-order valence-electron chi connectivity index (χ4n) is 8.88. The number of aromatic nitrogens is 5. The van der Waals surface area contributed by atoms with E-state index < -0.39 is 0 Å². The molecule has 0 amide bonds. The fraction of sp³-hybridized carbons (Fsp3) is 0. The van der Waals surface area contributed by atoms with Crippen LogP contribution in [0.3, 0.4) is 0 Å². The summed E-state index contributed by atoms with van der Waals surface area (Å²) in [6.07, 6.45) is 2.01. The number of thiophene rings is 1. The lowest BCUT2D eigenvalue weighted by Crippen LogP contribution is -2.02. The topological polar surface area (TPSA) is 56.5 Å². The molecule has 0 aliphatic heterocycles. The number of rotatable bonds is 7. The second-order valence-electron chi connectivity index (χ2n) is 15.4. The third-order valence-electron chi connectivity index (χ3n) is 11.7. The summed E-state index contributed by atoms with van der Waals surface area (Å²) in [5.41, 5.74) is 12.4. The van der Waals surface area contributed by atoms with E-state index in [1.54, 1.807) is 0 Å². The summed E-state index contributed by atoms with van der Waals surface area (Å²) < 4.78 is 4.80. The van der Waals surface area contributed by atoms with Gasteiger partial charge < -0.3 is 4.57 Å². The van der Waals surface area contributed by atoms with Crippen LogP contribution in [0.25, 0.3) is 115 Å². The second-order valence-corrected chi connectivity index (χ2v) is 16.4.